The van der Waals surface area contributed by atoms with E-state index in [-0.39, 0.29) is 13.1 Å². The van der Waals surface area contributed by atoms with E-state index in [2.05, 4.69) is 10.6 Å². The lowest BCUT2D eigenvalue weighted by Gasteiger charge is -2.32. The molecule has 1 aromatic rings. The number of aliphatic carboxylic acids is 1. The number of carbonyl (C=O) groups is 3. The number of nitrogens with one attached hydrogen (secondary N) is 2. The van der Waals surface area contributed by atoms with Crippen molar-refractivity contribution in [1.82, 2.24) is 10.2 Å². The zero-order valence-electron chi connectivity index (χ0n) is 10.6. The second kappa shape index (κ2) is 6.48. The molecule has 0 bridgehead atoms. The molecule has 1 aromatic carbocycles. The van der Waals surface area contributed by atoms with Crippen LogP contribution in [0.15, 0.2) is 18.2 Å². The van der Waals surface area contributed by atoms with Crippen molar-refractivity contribution in [3.8, 4) is 0 Å². The second-order valence-corrected chi connectivity index (χ2v) is 5.94. The molecular weight excluding hydrogens is 413 g/mol. The normalized spacial score (nSPS) is 18.1. The van der Waals surface area contributed by atoms with Crippen LogP contribution >= 0.6 is 34.2 Å². The van der Waals surface area contributed by atoms with E-state index in [1.807, 2.05) is 22.6 Å². The molecular formula is C12H11ClIN3O4. The molecule has 1 aliphatic heterocycles. The highest BCUT2D eigenvalue weighted by Crippen LogP contribution is 2.23. The summed E-state index contributed by atoms with van der Waals surface area (Å²) in [6.07, 6.45) is 0. The summed E-state index contributed by atoms with van der Waals surface area (Å²) in [5.41, 5.74) is 0.500. The van der Waals surface area contributed by atoms with Gasteiger partial charge < -0.3 is 15.7 Å². The lowest BCUT2D eigenvalue weighted by molar-refractivity contribution is -0.144. The lowest BCUT2D eigenvalue weighted by Crippen LogP contribution is -2.60. The van der Waals surface area contributed by atoms with Crippen LogP contribution in [0.2, 0.25) is 5.02 Å². The number of urea groups is 1. The molecule has 0 spiro atoms. The molecule has 1 fully saturated rings. The van der Waals surface area contributed by atoms with Gasteiger partial charge in [-0.2, -0.15) is 0 Å². The minimum absolute atomic E-state index is 0.112. The predicted octanol–water partition coefficient (Wildman–Crippen LogP) is 1.36. The Kier molecular flexibility index (Phi) is 4.88. The number of halogens is 2. The number of carboxylic acids is 1. The standard InChI is InChI=1S/C12H11ClIN3O4/c13-6-1-2-8(7(14)3-6)16-12(21)17-5-10(18)15-4-9(17)11(19)20/h1-3,9H,4-5H2,(H,15,18)(H,16,21)(H,19,20). The van der Waals surface area contributed by atoms with Crippen molar-refractivity contribution in [3.05, 3.63) is 26.8 Å². The number of hydrogen-bond donors (Lipinski definition) is 3. The minimum atomic E-state index is -1.17. The van der Waals surface area contributed by atoms with Crippen molar-refractivity contribution in [2.24, 2.45) is 0 Å². The molecule has 7 nitrogen and oxygen atoms in total. The highest BCUT2D eigenvalue weighted by molar-refractivity contribution is 14.1. The zero-order valence-corrected chi connectivity index (χ0v) is 13.5. The van der Waals surface area contributed by atoms with Gasteiger partial charge in [0.15, 0.2) is 0 Å². The van der Waals surface area contributed by atoms with Crippen LogP contribution in [0.5, 0.6) is 0 Å². The van der Waals surface area contributed by atoms with Crippen molar-refractivity contribution >= 4 is 57.8 Å². The van der Waals surface area contributed by atoms with Crippen molar-refractivity contribution in [1.29, 1.82) is 0 Å². The number of benzene rings is 1. The van der Waals surface area contributed by atoms with Gasteiger partial charge in [0.1, 0.15) is 12.6 Å². The van der Waals surface area contributed by atoms with E-state index in [0.29, 0.717) is 14.3 Å². The first-order valence-electron chi connectivity index (χ1n) is 5.90. The van der Waals surface area contributed by atoms with Crippen molar-refractivity contribution in [3.63, 3.8) is 0 Å². The van der Waals surface area contributed by atoms with E-state index < -0.39 is 23.9 Å². The summed E-state index contributed by atoms with van der Waals surface area (Å²) < 4.78 is 0.710. The molecule has 1 unspecified atom stereocenters. The Balaban J connectivity index is 2.17. The van der Waals surface area contributed by atoms with Gasteiger partial charge in [-0.25, -0.2) is 9.59 Å². The average Bonchev–Trinajstić information content (AvgIpc) is 2.41. The maximum atomic E-state index is 12.2. The Labute approximate surface area is 138 Å². The fourth-order valence-corrected chi connectivity index (χ4v) is 2.86. The fraction of sp³-hybridized carbons (Fsp3) is 0.250. The summed E-state index contributed by atoms with van der Waals surface area (Å²) >= 11 is 7.83. The molecule has 0 aliphatic carbocycles. The maximum absolute atomic E-state index is 12.2. The largest absolute Gasteiger partial charge is 0.480 e. The predicted molar refractivity (Wildman–Crippen MR) is 84.3 cm³/mol. The Morgan fingerprint density at radius 3 is 2.81 bits per heavy atom. The molecule has 112 valence electrons. The molecule has 9 heteroatoms. The van der Waals surface area contributed by atoms with Crippen LogP contribution in [0.3, 0.4) is 0 Å². The molecule has 0 saturated carbocycles. The summed E-state index contributed by atoms with van der Waals surface area (Å²) in [4.78, 5) is 35.7. The third-order valence-electron chi connectivity index (χ3n) is 2.90. The number of carboxylic acid groups (broad SMARTS) is 1. The Hall–Kier alpha value is -1.55. The zero-order chi connectivity index (χ0) is 15.6. The number of piperazine rings is 1. The number of amides is 3. The average molecular weight is 424 g/mol. The smallest absolute Gasteiger partial charge is 0.328 e. The highest BCUT2D eigenvalue weighted by atomic mass is 127. The monoisotopic (exact) mass is 423 g/mol. The Morgan fingerprint density at radius 2 is 2.19 bits per heavy atom. The number of rotatable bonds is 2. The quantitative estimate of drug-likeness (QED) is 0.626. The summed E-state index contributed by atoms with van der Waals surface area (Å²) in [6, 6.07) is 3.15. The van der Waals surface area contributed by atoms with Gasteiger partial charge in [0, 0.05) is 15.1 Å². The van der Waals surface area contributed by atoms with E-state index in [4.69, 9.17) is 16.7 Å². The van der Waals surface area contributed by atoms with Gasteiger partial charge in [0.05, 0.1) is 5.69 Å². The van der Waals surface area contributed by atoms with Gasteiger partial charge in [0.2, 0.25) is 5.91 Å². The molecule has 3 amide bonds. The molecule has 1 aliphatic rings. The van der Waals surface area contributed by atoms with Gasteiger partial charge in [-0.1, -0.05) is 11.6 Å². The first-order chi connectivity index (χ1) is 9.88. The van der Waals surface area contributed by atoms with Gasteiger partial charge in [0.25, 0.3) is 0 Å². The van der Waals surface area contributed by atoms with E-state index >= 15 is 0 Å². The number of nitrogens with zero attached hydrogens (tertiary/aromatic N) is 1. The molecule has 1 atom stereocenters. The van der Waals surface area contributed by atoms with E-state index in [9.17, 15) is 14.4 Å². The van der Waals surface area contributed by atoms with Gasteiger partial charge in [-0.3, -0.25) is 9.69 Å². The topological polar surface area (TPSA) is 98.7 Å². The summed E-state index contributed by atoms with van der Waals surface area (Å²) in [7, 11) is 0. The van der Waals surface area contributed by atoms with Crippen LogP contribution in [0.4, 0.5) is 10.5 Å². The van der Waals surface area contributed by atoms with Gasteiger partial charge in [-0.05, 0) is 40.8 Å². The van der Waals surface area contributed by atoms with Crippen LogP contribution < -0.4 is 10.6 Å². The number of anilines is 1. The minimum Gasteiger partial charge on any atom is -0.480 e. The first kappa shape index (κ1) is 15.8. The van der Waals surface area contributed by atoms with Crippen LogP contribution in [0.25, 0.3) is 0 Å². The van der Waals surface area contributed by atoms with Crippen LogP contribution in [-0.4, -0.2) is 47.0 Å². The van der Waals surface area contributed by atoms with Crippen molar-refractivity contribution < 1.29 is 19.5 Å². The van der Waals surface area contributed by atoms with Crippen LogP contribution in [-0.2, 0) is 9.59 Å². The van der Waals surface area contributed by atoms with Gasteiger partial charge in [-0.15, -0.1) is 0 Å². The summed E-state index contributed by atoms with van der Waals surface area (Å²) in [5, 5.41) is 14.6. The summed E-state index contributed by atoms with van der Waals surface area (Å²) in [5.74, 6) is -1.57. The van der Waals surface area contributed by atoms with Crippen LogP contribution in [0.1, 0.15) is 0 Å². The molecule has 0 radical (unpaired) electrons. The van der Waals surface area contributed by atoms with E-state index in [1.165, 1.54) is 0 Å². The van der Waals surface area contributed by atoms with Crippen molar-refractivity contribution in [2.45, 2.75) is 6.04 Å². The SMILES string of the molecule is O=C1CN(C(=O)Nc2ccc(Cl)cc2I)C(C(=O)O)CN1. The second-order valence-electron chi connectivity index (χ2n) is 4.34. The first-order valence-corrected chi connectivity index (χ1v) is 7.36. The molecule has 0 aromatic heterocycles. The molecule has 1 heterocycles. The lowest BCUT2D eigenvalue weighted by atomic mass is 10.2. The number of carbonyl (C=O) groups excluding carboxylic acids is 2. The highest BCUT2D eigenvalue weighted by Gasteiger charge is 2.35. The Morgan fingerprint density at radius 1 is 1.48 bits per heavy atom. The van der Waals surface area contributed by atoms with Gasteiger partial charge >= 0.3 is 12.0 Å². The van der Waals surface area contributed by atoms with E-state index in [1.54, 1.807) is 18.2 Å². The third-order valence-corrected chi connectivity index (χ3v) is 4.03. The van der Waals surface area contributed by atoms with Crippen LogP contribution in [0, 0.1) is 3.57 Å². The molecule has 2 rings (SSSR count). The molecule has 1 saturated heterocycles. The maximum Gasteiger partial charge on any atom is 0.328 e. The Bertz CT molecular complexity index is 610. The van der Waals surface area contributed by atoms with Crippen molar-refractivity contribution in [2.75, 3.05) is 18.4 Å². The molecule has 3 N–H and O–H groups in total. The number of hydrogen-bond acceptors (Lipinski definition) is 3. The third kappa shape index (κ3) is 3.76. The fourth-order valence-electron chi connectivity index (χ4n) is 1.85. The summed E-state index contributed by atoms with van der Waals surface area (Å²) in [6.45, 7) is -0.410. The van der Waals surface area contributed by atoms with E-state index in [0.717, 1.165) is 4.90 Å². The molecule has 21 heavy (non-hydrogen) atoms.